The average molecular weight is 870 g/mol. The van der Waals surface area contributed by atoms with Gasteiger partial charge in [-0.05, 0) is 92.7 Å². The lowest BCUT2D eigenvalue weighted by molar-refractivity contribution is -0.114. The minimum absolute atomic E-state index is 0.0912. The molecular weight excluding hydrogens is 815 g/mol. The molecule has 59 heavy (non-hydrogen) atoms. The van der Waals surface area contributed by atoms with E-state index in [1.54, 1.807) is 57.5 Å². The highest BCUT2D eigenvalue weighted by atomic mass is 32.2. The molecule has 0 aliphatic carbocycles. The van der Waals surface area contributed by atoms with Gasteiger partial charge < -0.3 is 34.1 Å². The molecule has 2 aromatic carbocycles. The number of carbonyl (C=O) groups is 3. The summed E-state index contributed by atoms with van der Waals surface area (Å²) < 4.78 is 45.5. The molecule has 1 N–H and O–H groups in total. The van der Waals surface area contributed by atoms with Crippen LogP contribution in [0, 0.1) is 11.8 Å². The zero-order chi connectivity index (χ0) is 42.0. The summed E-state index contributed by atoms with van der Waals surface area (Å²) in [7, 11) is -3.19. The second-order valence-electron chi connectivity index (χ2n) is 14.7. The normalized spacial score (nSPS) is 14.8. The van der Waals surface area contributed by atoms with Gasteiger partial charge in [0.05, 0.1) is 38.9 Å². The van der Waals surface area contributed by atoms with E-state index in [9.17, 15) is 22.8 Å². The molecule has 4 heterocycles. The Morgan fingerprint density at radius 1 is 0.780 bits per heavy atom. The largest absolute Gasteiger partial charge is 0.494 e. The Bertz CT molecular complexity index is 2000. The standard InChI is InChI=1S/C23H31N3O4S.C19H24N2O5S2/c1-3-4-19-5-6-20(25-17(2)27)13-22(19)29-12-9-18-7-10-26(11-8-18)23(28)30-15-21-14-24-16-31-21;1-28(23,24)18-4-2-16(3-5-18)25-11-8-15-6-9-21(10-7-15)19(22)26-13-17-12-20-14-27-17/h5-6,13-14,16,18H,3-4,7-12,15H2,1-2H3,(H,25,27);2-5,12,14-15H,6-11,13H2,1H3. The van der Waals surface area contributed by atoms with E-state index < -0.39 is 9.84 Å². The van der Waals surface area contributed by atoms with Gasteiger partial charge in [0, 0.05) is 63.5 Å². The van der Waals surface area contributed by atoms with Crippen molar-refractivity contribution in [3.05, 3.63) is 81.2 Å². The number of piperidine rings is 2. The maximum Gasteiger partial charge on any atom is 0.410 e. The lowest BCUT2D eigenvalue weighted by atomic mass is 9.94. The summed E-state index contributed by atoms with van der Waals surface area (Å²) in [5, 5.41) is 2.82. The van der Waals surface area contributed by atoms with Crippen molar-refractivity contribution in [1.29, 1.82) is 0 Å². The summed E-state index contributed by atoms with van der Waals surface area (Å²) in [6.07, 6.45) is 11.7. The molecule has 0 saturated carbocycles. The number of carbonyl (C=O) groups excluding carboxylic acids is 3. The number of sulfone groups is 1. The van der Waals surface area contributed by atoms with E-state index in [4.69, 9.17) is 18.9 Å². The number of rotatable bonds is 16. The van der Waals surface area contributed by atoms with Gasteiger partial charge in [-0.1, -0.05) is 19.4 Å². The number of hydrogen-bond donors (Lipinski definition) is 1. The molecule has 6 rings (SSSR count). The van der Waals surface area contributed by atoms with Crippen LogP contribution in [0.1, 0.15) is 74.1 Å². The fraction of sp³-hybridized carbons (Fsp3) is 0.500. The van der Waals surface area contributed by atoms with E-state index in [1.165, 1.54) is 35.9 Å². The van der Waals surface area contributed by atoms with Gasteiger partial charge in [-0.25, -0.2) is 18.0 Å². The topological polar surface area (TPSA) is 167 Å². The molecule has 2 saturated heterocycles. The first kappa shape index (κ1) is 45.3. The van der Waals surface area contributed by atoms with Gasteiger partial charge >= 0.3 is 12.2 Å². The maximum absolute atomic E-state index is 12.2. The number of nitrogens with one attached hydrogen (secondary N) is 1. The van der Waals surface area contributed by atoms with Gasteiger partial charge in [-0.15, -0.1) is 22.7 Å². The van der Waals surface area contributed by atoms with Crippen LogP contribution in [-0.2, 0) is 43.7 Å². The summed E-state index contributed by atoms with van der Waals surface area (Å²) in [6, 6.07) is 12.3. The predicted octanol–water partition coefficient (Wildman–Crippen LogP) is 8.24. The predicted molar refractivity (Wildman–Crippen MR) is 228 cm³/mol. The molecule has 0 unspecified atom stereocenters. The van der Waals surface area contributed by atoms with E-state index >= 15 is 0 Å². The van der Waals surface area contributed by atoms with Crippen LogP contribution in [0.3, 0.4) is 0 Å². The van der Waals surface area contributed by atoms with Gasteiger partial charge in [0.25, 0.3) is 0 Å². The van der Waals surface area contributed by atoms with E-state index in [-0.39, 0.29) is 36.2 Å². The summed E-state index contributed by atoms with van der Waals surface area (Å²) in [5.41, 5.74) is 5.37. The number of aryl methyl sites for hydroxylation is 1. The van der Waals surface area contributed by atoms with Gasteiger partial charge in [0.2, 0.25) is 5.91 Å². The van der Waals surface area contributed by atoms with Crippen LogP contribution in [0.15, 0.2) is 70.8 Å². The molecule has 0 atom stereocenters. The number of aromatic nitrogens is 2. The summed E-state index contributed by atoms with van der Waals surface area (Å²) >= 11 is 2.96. The van der Waals surface area contributed by atoms with Crippen molar-refractivity contribution >= 4 is 56.3 Å². The number of thiazole rings is 2. The number of amides is 3. The van der Waals surface area contributed by atoms with E-state index in [0.717, 1.165) is 78.1 Å². The van der Waals surface area contributed by atoms with Crippen molar-refractivity contribution in [2.75, 3.05) is 51.0 Å². The Hall–Kier alpha value is -4.74. The van der Waals surface area contributed by atoms with E-state index in [1.807, 2.05) is 18.2 Å². The number of benzene rings is 2. The van der Waals surface area contributed by atoms with Crippen LogP contribution < -0.4 is 14.8 Å². The Morgan fingerprint density at radius 2 is 1.31 bits per heavy atom. The fourth-order valence-electron chi connectivity index (χ4n) is 6.79. The number of ether oxygens (including phenoxy) is 4. The first-order valence-electron chi connectivity index (χ1n) is 20.0. The Morgan fingerprint density at radius 3 is 1.76 bits per heavy atom. The Kier molecular flexibility index (Phi) is 17.8. The van der Waals surface area contributed by atoms with Crippen molar-refractivity contribution in [3.63, 3.8) is 0 Å². The molecule has 2 aromatic heterocycles. The van der Waals surface area contributed by atoms with E-state index in [2.05, 4.69) is 22.2 Å². The fourth-order valence-corrected chi connectivity index (χ4v) is 8.43. The summed E-state index contributed by atoms with van der Waals surface area (Å²) in [5.74, 6) is 2.44. The van der Waals surface area contributed by atoms with Crippen molar-refractivity contribution in [1.82, 2.24) is 19.8 Å². The number of anilines is 1. The van der Waals surface area contributed by atoms with Gasteiger partial charge in [0.15, 0.2) is 9.84 Å². The summed E-state index contributed by atoms with van der Waals surface area (Å²) in [4.78, 5) is 49.4. The second kappa shape index (κ2) is 23.2. The third kappa shape index (κ3) is 15.4. The number of likely N-dealkylation sites (tertiary alicyclic amines) is 2. The SMILES string of the molecule is CCCc1ccc(NC(C)=O)cc1OCCC1CCN(C(=O)OCc2cncs2)CC1.CS(=O)(=O)c1ccc(OCCC2CCN(C(=O)OCc3cncs3)CC2)cc1. The molecule has 0 radical (unpaired) electrons. The molecular formula is C42H55N5O9S3. The van der Waals surface area contributed by atoms with Crippen LogP contribution in [-0.4, -0.2) is 91.9 Å². The first-order valence-corrected chi connectivity index (χ1v) is 23.7. The lowest BCUT2D eigenvalue weighted by Gasteiger charge is -2.31. The minimum Gasteiger partial charge on any atom is -0.494 e. The van der Waals surface area contributed by atoms with Gasteiger partial charge in [-0.2, -0.15) is 0 Å². The number of hydrogen-bond acceptors (Lipinski definition) is 13. The Labute approximate surface area is 355 Å². The smallest absolute Gasteiger partial charge is 0.410 e. The van der Waals surface area contributed by atoms with Gasteiger partial charge in [-0.3, -0.25) is 14.8 Å². The molecule has 2 aliphatic heterocycles. The van der Waals surface area contributed by atoms with Gasteiger partial charge in [0.1, 0.15) is 24.7 Å². The Balaban J connectivity index is 0.000000225. The van der Waals surface area contributed by atoms with Crippen molar-refractivity contribution in [3.8, 4) is 11.5 Å². The average Bonchev–Trinajstić information content (AvgIpc) is 3.96. The second-order valence-corrected chi connectivity index (χ2v) is 18.6. The van der Waals surface area contributed by atoms with Crippen molar-refractivity contribution in [2.45, 2.75) is 83.3 Å². The molecule has 14 nitrogen and oxygen atoms in total. The van der Waals surface area contributed by atoms with Crippen LogP contribution in [0.4, 0.5) is 15.3 Å². The summed E-state index contributed by atoms with van der Waals surface area (Å²) in [6.45, 7) is 8.20. The zero-order valence-corrected chi connectivity index (χ0v) is 36.5. The molecule has 0 spiro atoms. The highest BCUT2D eigenvalue weighted by Crippen LogP contribution is 2.28. The van der Waals surface area contributed by atoms with Crippen molar-refractivity contribution < 1.29 is 41.7 Å². The minimum atomic E-state index is -3.19. The third-order valence-corrected chi connectivity index (χ3v) is 12.8. The molecule has 2 fully saturated rings. The highest BCUT2D eigenvalue weighted by Gasteiger charge is 2.25. The lowest BCUT2D eigenvalue weighted by Crippen LogP contribution is -2.39. The highest BCUT2D eigenvalue weighted by molar-refractivity contribution is 7.90. The van der Waals surface area contributed by atoms with Crippen molar-refractivity contribution in [2.24, 2.45) is 11.8 Å². The zero-order valence-electron chi connectivity index (χ0n) is 34.0. The molecule has 4 aromatic rings. The molecule has 17 heteroatoms. The molecule has 320 valence electrons. The number of nitrogens with zero attached hydrogens (tertiary/aromatic N) is 4. The van der Waals surface area contributed by atoms with Crippen LogP contribution in [0.2, 0.25) is 0 Å². The maximum atomic E-state index is 12.2. The monoisotopic (exact) mass is 869 g/mol. The molecule has 3 amide bonds. The molecule has 0 bridgehead atoms. The molecule has 2 aliphatic rings. The van der Waals surface area contributed by atoms with E-state index in [0.29, 0.717) is 57.0 Å². The third-order valence-electron chi connectivity index (χ3n) is 10.1. The van der Waals surface area contributed by atoms with Crippen LogP contribution >= 0.6 is 22.7 Å². The first-order chi connectivity index (χ1) is 28.5. The van der Waals surface area contributed by atoms with Crippen LogP contribution in [0.5, 0.6) is 11.5 Å². The van der Waals surface area contributed by atoms with Crippen LogP contribution in [0.25, 0.3) is 0 Å². The quantitative estimate of drug-likeness (QED) is 0.115.